The third kappa shape index (κ3) is 2.55. The quantitative estimate of drug-likeness (QED) is 0.865. The number of hydrogen-bond acceptors (Lipinski definition) is 3. The van der Waals surface area contributed by atoms with Crippen molar-refractivity contribution < 1.29 is 8.42 Å². The van der Waals surface area contributed by atoms with Gasteiger partial charge in [-0.1, -0.05) is 12.8 Å². The maximum absolute atomic E-state index is 12.4. The van der Waals surface area contributed by atoms with Crippen LogP contribution in [0.2, 0.25) is 0 Å². The maximum Gasteiger partial charge on any atom is 0.260 e. The summed E-state index contributed by atoms with van der Waals surface area (Å²) in [6.45, 7) is 1.73. The van der Waals surface area contributed by atoms with E-state index in [4.69, 9.17) is 11.6 Å². The predicted molar refractivity (Wildman–Crippen MR) is 70.2 cm³/mol. The van der Waals surface area contributed by atoms with Crippen molar-refractivity contribution >= 4 is 21.6 Å². The van der Waals surface area contributed by atoms with Crippen LogP contribution in [0.3, 0.4) is 0 Å². The fourth-order valence-corrected chi connectivity index (χ4v) is 4.24. The van der Waals surface area contributed by atoms with Crippen LogP contribution in [0.5, 0.6) is 0 Å². The molecule has 102 valence electrons. The Kier molecular flexibility index (Phi) is 3.99. The van der Waals surface area contributed by atoms with E-state index in [1.165, 1.54) is 10.5 Å². The normalized spacial score (nSPS) is 25.6. The zero-order valence-corrected chi connectivity index (χ0v) is 12.1. The molecule has 1 heterocycles. The molecule has 0 aliphatic heterocycles. The number of nitrogens with zero attached hydrogens (tertiary/aromatic N) is 2. The minimum absolute atomic E-state index is 0.109. The van der Waals surface area contributed by atoms with Gasteiger partial charge in [-0.25, -0.2) is 13.4 Å². The van der Waals surface area contributed by atoms with E-state index >= 15 is 0 Å². The molecule has 0 bridgehead atoms. The molecule has 1 saturated carbocycles. The molecule has 0 aromatic carbocycles. The van der Waals surface area contributed by atoms with Gasteiger partial charge in [0.05, 0.1) is 11.6 Å². The Morgan fingerprint density at radius 3 is 2.67 bits per heavy atom. The number of aryl methyl sites for hydroxylation is 1. The summed E-state index contributed by atoms with van der Waals surface area (Å²) in [6.07, 6.45) is 5.13. The molecule has 0 amide bonds. The Labute approximate surface area is 113 Å². The first-order valence-corrected chi connectivity index (χ1v) is 7.94. The number of hydrogen-bond donors (Lipinski definition) is 1. The van der Waals surface area contributed by atoms with Crippen molar-refractivity contribution in [2.24, 2.45) is 0 Å². The predicted octanol–water partition coefficient (Wildman–Crippen LogP) is 1.89. The van der Waals surface area contributed by atoms with Crippen molar-refractivity contribution in [3.05, 3.63) is 12.0 Å². The number of H-pyrrole nitrogens is 1. The third-order valence-electron chi connectivity index (χ3n) is 3.45. The van der Waals surface area contributed by atoms with Crippen molar-refractivity contribution in [2.45, 2.75) is 49.1 Å². The minimum Gasteiger partial charge on any atom is -0.332 e. The van der Waals surface area contributed by atoms with Crippen LogP contribution in [0.15, 0.2) is 11.2 Å². The molecule has 2 atom stereocenters. The van der Waals surface area contributed by atoms with E-state index in [1.54, 1.807) is 14.0 Å². The molecule has 0 spiro atoms. The monoisotopic (exact) mass is 291 g/mol. The molecule has 1 fully saturated rings. The number of sulfonamides is 1. The van der Waals surface area contributed by atoms with E-state index in [-0.39, 0.29) is 16.4 Å². The van der Waals surface area contributed by atoms with Gasteiger partial charge in [-0.05, 0) is 19.8 Å². The Balaban J connectivity index is 2.24. The summed E-state index contributed by atoms with van der Waals surface area (Å²) >= 11 is 6.24. The number of aromatic nitrogens is 2. The first kappa shape index (κ1) is 13.8. The van der Waals surface area contributed by atoms with Crippen LogP contribution in [0.25, 0.3) is 0 Å². The average Bonchev–Trinajstić information content (AvgIpc) is 2.76. The molecule has 1 aromatic heterocycles. The van der Waals surface area contributed by atoms with Gasteiger partial charge >= 0.3 is 0 Å². The Morgan fingerprint density at radius 2 is 2.11 bits per heavy atom. The molecule has 1 aromatic rings. The molecule has 1 aliphatic carbocycles. The second kappa shape index (κ2) is 5.19. The van der Waals surface area contributed by atoms with Crippen LogP contribution >= 0.6 is 11.6 Å². The Bertz CT molecular complexity index is 514. The molecule has 5 nitrogen and oxygen atoms in total. The van der Waals surface area contributed by atoms with Crippen LogP contribution < -0.4 is 0 Å². The Hall–Kier alpha value is -0.590. The minimum atomic E-state index is -3.52. The second-order valence-electron chi connectivity index (χ2n) is 4.72. The lowest BCUT2D eigenvalue weighted by molar-refractivity contribution is 0.290. The highest BCUT2D eigenvalue weighted by atomic mass is 35.5. The fraction of sp³-hybridized carbons (Fsp3) is 0.727. The average molecular weight is 292 g/mol. The number of aromatic amines is 1. The third-order valence-corrected chi connectivity index (χ3v) is 5.75. The lowest BCUT2D eigenvalue weighted by atomic mass is 9.95. The molecule has 7 heteroatoms. The van der Waals surface area contributed by atoms with Gasteiger partial charge in [0, 0.05) is 13.1 Å². The SMILES string of the molecule is Cc1ncc(S(=O)(=O)N(C)C2CCCCC2Cl)[nH]1. The highest BCUT2D eigenvalue weighted by Crippen LogP contribution is 2.29. The summed E-state index contributed by atoms with van der Waals surface area (Å²) in [7, 11) is -1.93. The summed E-state index contributed by atoms with van der Waals surface area (Å²) in [5.41, 5.74) is 0. The van der Waals surface area contributed by atoms with Gasteiger partial charge in [0.25, 0.3) is 10.0 Å². The van der Waals surface area contributed by atoms with Crippen molar-refractivity contribution in [3.8, 4) is 0 Å². The fourth-order valence-electron chi connectivity index (χ4n) is 2.34. The highest BCUT2D eigenvalue weighted by Gasteiger charge is 2.34. The number of nitrogens with one attached hydrogen (secondary N) is 1. The molecule has 2 unspecified atom stereocenters. The van der Waals surface area contributed by atoms with Crippen LogP contribution in [0.1, 0.15) is 31.5 Å². The maximum atomic E-state index is 12.4. The van der Waals surface area contributed by atoms with Gasteiger partial charge in [-0.2, -0.15) is 4.31 Å². The molecule has 0 radical (unpaired) electrons. The largest absolute Gasteiger partial charge is 0.332 e. The highest BCUT2D eigenvalue weighted by molar-refractivity contribution is 7.89. The summed E-state index contributed by atoms with van der Waals surface area (Å²) in [6, 6.07) is -0.131. The molecule has 1 N–H and O–H groups in total. The summed E-state index contributed by atoms with van der Waals surface area (Å²) in [5.74, 6) is 0.591. The lowest BCUT2D eigenvalue weighted by Crippen LogP contribution is -2.44. The van der Waals surface area contributed by atoms with Crippen molar-refractivity contribution in [3.63, 3.8) is 0 Å². The summed E-state index contributed by atoms with van der Waals surface area (Å²) in [4.78, 5) is 6.70. The molecule has 1 aliphatic rings. The van der Waals surface area contributed by atoms with Gasteiger partial charge in [-0.15, -0.1) is 11.6 Å². The lowest BCUT2D eigenvalue weighted by Gasteiger charge is -2.33. The van der Waals surface area contributed by atoms with E-state index in [2.05, 4.69) is 9.97 Å². The van der Waals surface area contributed by atoms with E-state index in [0.717, 1.165) is 25.7 Å². The van der Waals surface area contributed by atoms with Crippen molar-refractivity contribution in [2.75, 3.05) is 7.05 Å². The van der Waals surface area contributed by atoms with Crippen molar-refractivity contribution in [1.82, 2.24) is 14.3 Å². The first-order chi connectivity index (χ1) is 8.43. The van der Waals surface area contributed by atoms with Gasteiger partial charge in [0.15, 0.2) is 5.03 Å². The van der Waals surface area contributed by atoms with Crippen LogP contribution in [0.4, 0.5) is 0 Å². The van der Waals surface area contributed by atoms with Gasteiger partial charge in [-0.3, -0.25) is 0 Å². The molecular formula is C11H18ClN3O2S. The molecule has 0 saturated heterocycles. The van der Waals surface area contributed by atoms with Gasteiger partial charge < -0.3 is 4.98 Å². The van der Waals surface area contributed by atoms with E-state index < -0.39 is 10.0 Å². The first-order valence-electron chi connectivity index (χ1n) is 6.06. The van der Waals surface area contributed by atoms with Crippen molar-refractivity contribution in [1.29, 1.82) is 0 Å². The summed E-state index contributed by atoms with van der Waals surface area (Å²) in [5, 5.41) is 0.0273. The van der Waals surface area contributed by atoms with Gasteiger partial charge in [0.1, 0.15) is 5.82 Å². The number of halogens is 1. The second-order valence-corrected chi connectivity index (χ2v) is 7.25. The topological polar surface area (TPSA) is 66.1 Å². The number of imidazole rings is 1. The van der Waals surface area contributed by atoms with Crippen LogP contribution in [-0.2, 0) is 10.0 Å². The van der Waals surface area contributed by atoms with Crippen LogP contribution in [-0.4, -0.2) is 41.2 Å². The molecule has 18 heavy (non-hydrogen) atoms. The van der Waals surface area contributed by atoms with Gasteiger partial charge in [0.2, 0.25) is 0 Å². The Morgan fingerprint density at radius 1 is 1.44 bits per heavy atom. The number of rotatable bonds is 3. The smallest absolute Gasteiger partial charge is 0.260 e. The molecular weight excluding hydrogens is 274 g/mol. The molecule has 2 rings (SSSR count). The summed E-state index contributed by atoms with van der Waals surface area (Å²) < 4.78 is 26.2. The zero-order chi connectivity index (χ0) is 13.3. The van der Waals surface area contributed by atoms with E-state index in [1.807, 2.05) is 0 Å². The standard InChI is InChI=1S/C11H18ClN3O2S/c1-8-13-7-11(14-8)18(16,17)15(2)10-6-4-3-5-9(10)12/h7,9-10H,3-6H2,1-2H3,(H,13,14). The van der Waals surface area contributed by atoms with E-state index in [9.17, 15) is 8.42 Å². The number of alkyl halides is 1. The van der Waals surface area contributed by atoms with E-state index in [0.29, 0.717) is 5.82 Å². The van der Waals surface area contributed by atoms with Crippen LogP contribution in [0, 0.1) is 6.92 Å². The zero-order valence-electron chi connectivity index (χ0n) is 10.6.